The number of benzene rings is 3. The van der Waals surface area contributed by atoms with Crippen molar-refractivity contribution in [1.29, 1.82) is 0 Å². The van der Waals surface area contributed by atoms with E-state index in [-0.39, 0.29) is 23.9 Å². The average molecular weight is 529 g/mol. The average Bonchev–Trinajstić information content (AvgIpc) is 3.22. The maximum absolute atomic E-state index is 13.5. The Bertz CT molecular complexity index is 1370. The molecular weight excluding hydrogens is 507 g/mol. The molecule has 0 unspecified atom stereocenters. The molecule has 186 valence electrons. The molecule has 11 heteroatoms. The second-order valence-corrected chi connectivity index (χ2v) is 9.40. The van der Waals surface area contributed by atoms with Crippen molar-refractivity contribution in [3.8, 4) is 17.2 Å². The summed E-state index contributed by atoms with van der Waals surface area (Å²) in [6, 6.07) is 18.4. The molecule has 0 bridgehead atoms. The number of nitrogens with zero attached hydrogens (tertiary/aromatic N) is 4. The Kier molecular flexibility index (Phi) is 8.07. The zero-order valence-electron chi connectivity index (χ0n) is 19.4. The van der Waals surface area contributed by atoms with Crippen molar-refractivity contribution in [2.24, 2.45) is 0 Å². The number of rotatable bonds is 10. The largest absolute Gasteiger partial charge is 0.493 e. The molecule has 0 N–H and O–H groups in total. The fourth-order valence-electron chi connectivity index (χ4n) is 3.57. The molecule has 3 aromatic carbocycles. The molecule has 36 heavy (non-hydrogen) atoms. The van der Waals surface area contributed by atoms with E-state index >= 15 is 0 Å². The summed E-state index contributed by atoms with van der Waals surface area (Å²) in [5, 5.41) is 20.5. The lowest BCUT2D eigenvalue weighted by molar-refractivity contribution is -0.479. The van der Waals surface area contributed by atoms with Gasteiger partial charge in [-0.25, -0.2) is 4.39 Å². The topological polar surface area (TPSA) is 92.3 Å². The highest BCUT2D eigenvalue weighted by molar-refractivity contribution is 7.99. The van der Waals surface area contributed by atoms with Crippen LogP contribution in [0.15, 0.2) is 71.9 Å². The molecule has 4 rings (SSSR count). The van der Waals surface area contributed by atoms with Crippen molar-refractivity contribution in [3.05, 3.63) is 105 Å². The number of thioether (sulfide) groups is 1. The van der Waals surface area contributed by atoms with Crippen LogP contribution in [0, 0.1) is 22.9 Å². The Morgan fingerprint density at radius 2 is 1.89 bits per heavy atom. The predicted molar refractivity (Wildman–Crippen MR) is 135 cm³/mol. The maximum atomic E-state index is 13.5. The van der Waals surface area contributed by atoms with Crippen LogP contribution in [0.2, 0.25) is 5.02 Å². The lowest BCUT2D eigenvalue weighted by Gasteiger charge is -2.17. The van der Waals surface area contributed by atoms with E-state index in [1.54, 1.807) is 42.5 Å². The van der Waals surface area contributed by atoms with Crippen LogP contribution in [0.25, 0.3) is 5.69 Å². The third-order valence-corrected chi connectivity index (χ3v) is 6.72. The van der Waals surface area contributed by atoms with Gasteiger partial charge in [-0.15, -0.1) is 10.2 Å². The van der Waals surface area contributed by atoms with Crippen molar-refractivity contribution in [2.75, 3.05) is 13.7 Å². The van der Waals surface area contributed by atoms with Gasteiger partial charge in [-0.3, -0.25) is 14.7 Å². The summed E-state index contributed by atoms with van der Waals surface area (Å²) in [5.41, 5.74) is 2.12. The highest BCUT2D eigenvalue weighted by atomic mass is 35.5. The van der Waals surface area contributed by atoms with Crippen molar-refractivity contribution in [2.45, 2.75) is 23.9 Å². The van der Waals surface area contributed by atoms with Crippen LogP contribution < -0.4 is 9.47 Å². The summed E-state index contributed by atoms with van der Waals surface area (Å²) in [6.45, 7) is 1.61. The van der Waals surface area contributed by atoms with E-state index in [1.165, 1.54) is 31.0 Å². The predicted octanol–water partition coefficient (Wildman–Crippen LogP) is 6.07. The molecule has 0 amide bonds. The summed E-state index contributed by atoms with van der Waals surface area (Å²) in [7, 11) is 1.49. The monoisotopic (exact) mass is 528 g/mol. The van der Waals surface area contributed by atoms with Gasteiger partial charge < -0.3 is 9.47 Å². The third kappa shape index (κ3) is 6.13. The van der Waals surface area contributed by atoms with Crippen LogP contribution in [-0.4, -0.2) is 33.3 Å². The number of aromatic nitrogens is 3. The van der Waals surface area contributed by atoms with Crippen molar-refractivity contribution in [1.82, 2.24) is 14.8 Å². The van der Waals surface area contributed by atoms with E-state index in [0.717, 1.165) is 5.69 Å². The first-order chi connectivity index (χ1) is 17.3. The molecule has 1 atom stereocenters. The van der Waals surface area contributed by atoms with Gasteiger partial charge in [-0.05, 0) is 66.6 Å². The highest BCUT2D eigenvalue weighted by Gasteiger charge is 2.25. The van der Waals surface area contributed by atoms with Crippen LogP contribution >= 0.6 is 23.4 Å². The normalized spacial score (nSPS) is 11.8. The van der Waals surface area contributed by atoms with E-state index in [2.05, 4.69) is 10.2 Å². The van der Waals surface area contributed by atoms with Gasteiger partial charge in [0.2, 0.25) is 6.54 Å². The van der Waals surface area contributed by atoms with E-state index in [0.29, 0.717) is 38.6 Å². The number of nitro groups is 1. The summed E-state index contributed by atoms with van der Waals surface area (Å²) in [4.78, 5) is 11.2. The number of aryl methyl sites for hydroxylation is 1. The second kappa shape index (κ2) is 11.4. The van der Waals surface area contributed by atoms with Gasteiger partial charge in [0.05, 0.1) is 7.11 Å². The Balaban J connectivity index is 1.60. The smallest absolute Gasteiger partial charge is 0.220 e. The fraction of sp³-hybridized carbons (Fsp3) is 0.200. The number of hydrogen-bond donors (Lipinski definition) is 0. The number of halogens is 2. The van der Waals surface area contributed by atoms with Crippen LogP contribution in [0.3, 0.4) is 0 Å². The molecule has 0 saturated carbocycles. The number of methoxy groups -OCH3 is 1. The van der Waals surface area contributed by atoms with Crippen LogP contribution in [0.5, 0.6) is 11.5 Å². The van der Waals surface area contributed by atoms with E-state index < -0.39 is 5.25 Å². The molecular formula is C25H22ClFN4O4S. The van der Waals surface area contributed by atoms with Gasteiger partial charge in [-0.1, -0.05) is 41.6 Å². The van der Waals surface area contributed by atoms with Gasteiger partial charge in [0.15, 0.2) is 16.7 Å². The number of hydrogen-bond acceptors (Lipinski definition) is 7. The summed E-state index contributed by atoms with van der Waals surface area (Å²) < 4.78 is 26.6. The Labute approximate surface area is 216 Å². The second-order valence-electron chi connectivity index (χ2n) is 7.79. The molecule has 8 nitrogen and oxygen atoms in total. The quantitative estimate of drug-likeness (QED) is 0.140. The molecule has 4 aromatic rings. The summed E-state index contributed by atoms with van der Waals surface area (Å²) >= 11 is 7.25. The maximum Gasteiger partial charge on any atom is 0.220 e. The van der Waals surface area contributed by atoms with Gasteiger partial charge in [0.1, 0.15) is 23.5 Å². The first-order valence-electron chi connectivity index (χ1n) is 10.9. The number of ether oxygens (including phenoxy) is 2. The third-order valence-electron chi connectivity index (χ3n) is 5.29. The van der Waals surface area contributed by atoms with Crippen LogP contribution in [-0.2, 0) is 6.61 Å². The SMILES string of the molecule is COc1cc([C@@H](C[N+](=O)[O-])Sc2nnc(C)n2-c2ccc(Cl)cc2)ccc1OCc1cccc(F)c1. The molecule has 1 heterocycles. The Morgan fingerprint density at radius 1 is 1.11 bits per heavy atom. The van der Waals surface area contributed by atoms with Gasteiger partial charge in [-0.2, -0.15) is 0 Å². The van der Waals surface area contributed by atoms with Gasteiger partial charge in [0, 0.05) is 15.6 Å². The lowest BCUT2D eigenvalue weighted by Crippen LogP contribution is -2.11. The summed E-state index contributed by atoms with van der Waals surface area (Å²) in [5.74, 6) is 1.14. The molecule has 0 spiro atoms. The zero-order chi connectivity index (χ0) is 25.7. The van der Waals surface area contributed by atoms with E-state index in [1.807, 2.05) is 23.6 Å². The van der Waals surface area contributed by atoms with Gasteiger partial charge >= 0.3 is 0 Å². The standard InChI is InChI=1S/C25H22ClFN4O4S/c1-16-28-29-25(31(16)21-9-7-19(26)8-10-21)36-24(14-30(32)33)18-6-11-22(23(13-18)34-2)35-15-17-4-3-5-20(27)12-17/h3-13,24H,14-15H2,1-2H3/t24-/m1/s1. The molecule has 0 aliphatic carbocycles. The minimum atomic E-state index is -0.583. The molecule has 1 aromatic heterocycles. The van der Waals surface area contributed by atoms with Crippen LogP contribution in [0.1, 0.15) is 22.2 Å². The minimum absolute atomic E-state index is 0.143. The molecule has 0 aliphatic heterocycles. The fourth-order valence-corrected chi connectivity index (χ4v) is 4.86. The lowest BCUT2D eigenvalue weighted by atomic mass is 10.1. The van der Waals surface area contributed by atoms with E-state index in [9.17, 15) is 14.5 Å². The van der Waals surface area contributed by atoms with Crippen molar-refractivity contribution < 1.29 is 18.8 Å². The molecule has 0 radical (unpaired) electrons. The molecule has 0 fully saturated rings. The van der Waals surface area contributed by atoms with Gasteiger partial charge in [0.25, 0.3) is 0 Å². The Morgan fingerprint density at radius 3 is 2.58 bits per heavy atom. The zero-order valence-corrected chi connectivity index (χ0v) is 21.0. The molecule has 0 saturated heterocycles. The first-order valence-corrected chi connectivity index (χ1v) is 12.1. The van der Waals surface area contributed by atoms with Crippen molar-refractivity contribution >= 4 is 23.4 Å². The first kappa shape index (κ1) is 25.5. The highest BCUT2D eigenvalue weighted by Crippen LogP contribution is 2.39. The Hall–Kier alpha value is -3.63. The minimum Gasteiger partial charge on any atom is -0.493 e. The summed E-state index contributed by atoms with van der Waals surface area (Å²) in [6.07, 6.45) is 0. The molecule has 0 aliphatic rings. The van der Waals surface area contributed by atoms with Crippen molar-refractivity contribution in [3.63, 3.8) is 0 Å². The van der Waals surface area contributed by atoms with E-state index in [4.69, 9.17) is 21.1 Å². The van der Waals surface area contributed by atoms with Crippen LogP contribution in [0.4, 0.5) is 4.39 Å².